The van der Waals surface area contributed by atoms with Gasteiger partial charge in [-0.3, -0.25) is 10.1 Å². The number of amides is 3. The number of aryl methyl sites for hydroxylation is 1. The van der Waals surface area contributed by atoms with Crippen LogP contribution in [0.25, 0.3) is 16.9 Å². The lowest BCUT2D eigenvalue weighted by atomic mass is 9.94. The molecule has 0 bridgehead atoms. The van der Waals surface area contributed by atoms with Crippen molar-refractivity contribution < 1.29 is 22.8 Å². The summed E-state index contributed by atoms with van der Waals surface area (Å²) in [5.41, 5.74) is 3.09. The molecular formula is C27H24F3N7O2. The summed E-state index contributed by atoms with van der Waals surface area (Å²) in [6, 6.07) is 13.9. The smallest absolute Gasteiger partial charge is 0.329 e. The maximum Gasteiger partial charge on any atom is 0.406 e. The molecule has 2 N–H and O–H groups in total. The summed E-state index contributed by atoms with van der Waals surface area (Å²) in [4.78, 5) is 35.1. The second-order valence-electron chi connectivity index (χ2n) is 9.13. The van der Waals surface area contributed by atoms with Gasteiger partial charge in [0.25, 0.3) is 5.91 Å². The summed E-state index contributed by atoms with van der Waals surface area (Å²) in [7, 11) is 0. The highest BCUT2D eigenvalue weighted by molar-refractivity contribution is 5.98. The summed E-state index contributed by atoms with van der Waals surface area (Å²) in [6.45, 7) is 1.81. The molecule has 5 rings (SSSR count). The topological polar surface area (TPSA) is 105 Å². The lowest BCUT2D eigenvalue weighted by Crippen LogP contribution is -2.49. The molecule has 0 spiro atoms. The number of urea groups is 1. The van der Waals surface area contributed by atoms with Gasteiger partial charge in [0.1, 0.15) is 23.9 Å². The normalized spacial score (nSPS) is 15.2. The Labute approximate surface area is 221 Å². The van der Waals surface area contributed by atoms with E-state index < -0.39 is 30.7 Å². The Hall–Kier alpha value is -4.74. The van der Waals surface area contributed by atoms with Gasteiger partial charge < -0.3 is 10.2 Å². The number of halogens is 3. The van der Waals surface area contributed by atoms with E-state index in [4.69, 9.17) is 5.10 Å². The Balaban J connectivity index is 1.46. The minimum atomic E-state index is -4.58. The summed E-state index contributed by atoms with van der Waals surface area (Å²) < 4.78 is 41.1. The fourth-order valence-corrected chi connectivity index (χ4v) is 4.53. The highest BCUT2D eigenvalue weighted by atomic mass is 19.4. The molecule has 39 heavy (non-hydrogen) atoms. The van der Waals surface area contributed by atoms with E-state index in [2.05, 4.69) is 20.6 Å². The summed E-state index contributed by atoms with van der Waals surface area (Å²) in [5, 5.41) is 10.3. The average Bonchev–Trinajstić information content (AvgIpc) is 3.22. The molecule has 1 aliphatic heterocycles. The molecule has 0 radical (unpaired) electrons. The van der Waals surface area contributed by atoms with E-state index in [1.54, 1.807) is 49.1 Å². The standard InChI is InChI=1S/C27H24F3N7O2/c1-16-23(18-12-31-17(2)32-13-18)35-37(19-8-4-3-5-9-19)24(16)34-26(39)33-22-14-36(15-27(28,29)30)25(38)21-11-7-6-10-20(21)22/h3-13,22H,14-15H2,1-2H3,(H2,33,34,39). The molecule has 2 aromatic carbocycles. The van der Waals surface area contributed by atoms with Gasteiger partial charge in [-0.25, -0.2) is 19.4 Å². The number of alkyl halides is 3. The van der Waals surface area contributed by atoms with E-state index in [-0.39, 0.29) is 12.1 Å². The third-order valence-electron chi connectivity index (χ3n) is 6.34. The van der Waals surface area contributed by atoms with E-state index in [0.717, 1.165) is 0 Å². The zero-order valence-electron chi connectivity index (χ0n) is 21.0. The zero-order chi connectivity index (χ0) is 27.7. The number of aromatic nitrogens is 4. The van der Waals surface area contributed by atoms with Crippen molar-refractivity contribution in [1.82, 2.24) is 30.0 Å². The molecule has 2 aromatic heterocycles. The number of hydrogen-bond donors (Lipinski definition) is 2. The molecular weight excluding hydrogens is 511 g/mol. The number of para-hydroxylation sites is 1. The van der Waals surface area contributed by atoms with Crippen LogP contribution in [0.3, 0.4) is 0 Å². The molecule has 0 saturated carbocycles. The van der Waals surface area contributed by atoms with Crippen LogP contribution in [-0.4, -0.2) is 55.9 Å². The quantitative estimate of drug-likeness (QED) is 0.381. The summed E-state index contributed by atoms with van der Waals surface area (Å²) in [5.74, 6) is 0.230. The largest absolute Gasteiger partial charge is 0.406 e. The van der Waals surface area contributed by atoms with Crippen molar-refractivity contribution in [3.05, 3.63) is 89.5 Å². The Kier molecular flexibility index (Phi) is 6.77. The number of nitrogens with zero attached hydrogens (tertiary/aromatic N) is 5. The molecule has 3 heterocycles. The van der Waals surface area contributed by atoms with Crippen molar-refractivity contribution in [2.45, 2.75) is 26.1 Å². The van der Waals surface area contributed by atoms with Gasteiger partial charge in [0.05, 0.1) is 11.7 Å². The first-order chi connectivity index (χ1) is 18.6. The van der Waals surface area contributed by atoms with Crippen LogP contribution in [0.5, 0.6) is 0 Å². The van der Waals surface area contributed by atoms with E-state index in [9.17, 15) is 22.8 Å². The minimum Gasteiger partial charge on any atom is -0.329 e. The van der Waals surface area contributed by atoms with Crippen molar-refractivity contribution in [3.8, 4) is 16.9 Å². The van der Waals surface area contributed by atoms with Gasteiger partial charge in [0.2, 0.25) is 0 Å². The van der Waals surface area contributed by atoms with Gasteiger partial charge in [0.15, 0.2) is 0 Å². The van der Waals surface area contributed by atoms with Gasteiger partial charge in [-0.15, -0.1) is 0 Å². The van der Waals surface area contributed by atoms with Crippen LogP contribution in [-0.2, 0) is 0 Å². The van der Waals surface area contributed by atoms with Gasteiger partial charge in [-0.1, -0.05) is 36.4 Å². The molecule has 200 valence electrons. The van der Waals surface area contributed by atoms with E-state index in [0.29, 0.717) is 44.6 Å². The first-order valence-corrected chi connectivity index (χ1v) is 12.1. The summed E-state index contributed by atoms with van der Waals surface area (Å²) in [6.07, 6.45) is -1.30. The SMILES string of the molecule is Cc1ncc(-c2nn(-c3ccccc3)c(NC(=O)NC3CN(CC(F)(F)F)C(=O)c4ccccc43)c2C)cn1. The second kappa shape index (κ2) is 10.2. The maximum absolute atomic E-state index is 13.3. The molecule has 1 atom stereocenters. The first kappa shape index (κ1) is 25.9. The molecule has 12 heteroatoms. The lowest BCUT2D eigenvalue weighted by Gasteiger charge is -2.35. The van der Waals surface area contributed by atoms with Crippen LogP contribution in [0.4, 0.5) is 23.8 Å². The van der Waals surface area contributed by atoms with Crippen molar-refractivity contribution in [3.63, 3.8) is 0 Å². The number of benzene rings is 2. The molecule has 0 aliphatic carbocycles. The number of hydrogen-bond acceptors (Lipinski definition) is 5. The fourth-order valence-electron chi connectivity index (χ4n) is 4.53. The maximum atomic E-state index is 13.3. The van der Waals surface area contributed by atoms with Gasteiger partial charge in [-0.05, 0) is 37.6 Å². The molecule has 1 aliphatic rings. The number of carbonyl (C=O) groups is 2. The molecule has 1 unspecified atom stereocenters. The number of nitrogens with one attached hydrogen (secondary N) is 2. The Morgan fingerprint density at radius 3 is 2.38 bits per heavy atom. The van der Waals surface area contributed by atoms with Crippen molar-refractivity contribution in [2.24, 2.45) is 0 Å². The van der Waals surface area contributed by atoms with Crippen molar-refractivity contribution in [1.29, 1.82) is 0 Å². The van der Waals surface area contributed by atoms with Crippen LogP contribution in [0.1, 0.15) is 33.4 Å². The highest BCUT2D eigenvalue weighted by Gasteiger charge is 2.39. The number of carbonyl (C=O) groups excluding carboxylic acids is 2. The molecule has 0 fully saturated rings. The van der Waals surface area contributed by atoms with Crippen LogP contribution in [0.2, 0.25) is 0 Å². The zero-order valence-corrected chi connectivity index (χ0v) is 21.0. The van der Waals surface area contributed by atoms with Crippen LogP contribution in [0.15, 0.2) is 67.0 Å². The molecule has 0 saturated heterocycles. The van der Waals surface area contributed by atoms with Crippen LogP contribution in [0, 0.1) is 13.8 Å². The fraction of sp³-hybridized carbons (Fsp3) is 0.222. The Morgan fingerprint density at radius 1 is 1.03 bits per heavy atom. The third kappa shape index (κ3) is 5.44. The highest BCUT2D eigenvalue weighted by Crippen LogP contribution is 2.31. The van der Waals surface area contributed by atoms with Gasteiger partial charge in [-0.2, -0.15) is 18.3 Å². The number of rotatable bonds is 5. The third-order valence-corrected chi connectivity index (χ3v) is 6.34. The summed E-state index contributed by atoms with van der Waals surface area (Å²) >= 11 is 0. The van der Waals surface area contributed by atoms with Gasteiger partial charge >= 0.3 is 12.2 Å². The van der Waals surface area contributed by atoms with Crippen molar-refractivity contribution >= 4 is 17.8 Å². The van der Waals surface area contributed by atoms with Crippen LogP contribution >= 0.6 is 0 Å². The van der Waals surface area contributed by atoms with E-state index >= 15 is 0 Å². The monoisotopic (exact) mass is 535 g/mol. The Morgan fingerprint density at radius 2 is 1.69 bits per heavy atom. The number of fused-ring (bicyclic) bond motifs is 1. The predicted molar refractivity (Wildman–Crippen MR) is 137 cm³/mol. The van der Waals surface area contributed by atoms with Gasteiger partial charge in [0, 0.05) is 35.6 Å². The first-order valence-electron chi connectivity index (χ1n) is 12.1. The predicted octanol–water partition coefficient (Wildman–Crippen LogP) is 4.83. The second-order valence-corrected chi connectivity index (χ2v) is 9.13. The minimum absolute atomic E-state index is 0.116. The van der Waals surface area contributed by atoms with Crippen molar-refractivity contribution in [2.75, 3.05) is 18.4 Å². The Bertz CT molecular complexity index is 1520. The van der Waals surface area contributed by atoms with Crippen LogP contribution < -0.4 is 10.6 Å². The molecule has 3 amide bonds. The average molecular weight is 536 g/mol. The number of anilines is 1. The lowest BCUT2D eigenvalue weighted by molar-refractivity contribution is -0.141. The molecule has 9 nitrogen and oxygen atoms in total. The van der Waals surface area contributed by atoms with E-state index in [1.807, 2.05) is 30.3 Å². The van der Waals surface area contributed by atoms with E-state index in [1.165, 1.54) is 6.07 Å². The molecule has 4 aromatic rings.